The molecule has 22 heavy (non-hydrogen) atoms. The van der Waals surface area contributed by atoms with E-state index in [4.69, 9.17) is 5.11 Å². The molecule has 0 bridgehead atoms. The maximum Gasteiger partial charge on any atom is 0.303 e. The first-order chi connectivity index (χ1) is 10.8. The molecule has 0 atom stereocenters. The van der Waals surface area contributed by atoms with Crippen LogP contribution in [0.5, 0.6) is 0 Å². The molecular formula is C20H36O2. The fourth-order valence-electron chi connectivity index (χ4n) is 2.40. The summed E-state index contributed by atoms with van der Waals surface area (Å²) in [5, 5.41) is 8.52. The van der Waals surface area contributed by atoms with Gasteiger partial charge in [-0.05, 0) is 57.8 Å². The molecule has 2 nitrogen and oxygen atoms in total. The van der Waals surface area contributed by atoms with Crippen LogP contribution in [0.15, 0.2) is 24.3 Å². The van der Waals surface area contributed by atoms with E-state index in [2.05, 4.69) is 31.2 Å². The molecule has 0 spiro atoms. The van der Waals surface area contributed by atoms with Gasteiger partial charge in [-0.3, -0.25) is 4.79 Å². The van der Waals surface area contributed by atoms with Gasteiger partial charge in [-0.2, -0.15) is 0 Å². The van der Waals surface area contributed by atoms with E-state index >= 15 is 0 Å². The maximum atomic E-state index is 10.3. The van der Waals surface area contributed by atoms with Gasteiger partial charge in [0.2, 0.25) is 0 Å². The van der Waals surface area contributed by atoms with Crippen LogP contribution >= 0.6 is 0 Å². The lowest BCUT2D eigenvalue weighted by atomic mass is 10.1. The number of carboxylic acids is 1. The molecule has 0 saturated heterocycles. The molecule has 1 N–H and O–H groups in total. The van der Waals surface area contributed by atoms with Crippen molar-refractivity contribution in [2.75, 3.05) is 0 Å². The number of unbranched alkanes of at least 4 members (excludes halogenated alkanes) is 10. The van der Waals surface area contributed by atoms with Crippen LogP contribution in [0.3, 0.4) is 0 Å². The predicted molar refractivity (Wildman–Crippen MR) is 96.2 cm³/mol. The zero-order chi connectivity index (χ0) is 16.3. The molecule has 0 aliphatic heterocycles. The number of hydrogen-bond acceptors (Lipinski definition) is 1. The Morgan fingerprint density at radius 1 is 0.682 bits per heavy atom. The smallest absolute Gasteiger partial charge is 0.303 e. The van der Waals surface area contributed by atoms with Gasteiger partial charge in [-0.25, -0.2) is 0 Å². The van der Waals surface area contributed by atoms with Gasteiger partial charge in [-0.1, -0.05) is 56.9 Å². The third kappa shape index (κ3) is 18.9. The van der Waals surface area contributed by atoms with Gasteiger partial charge < -0.3 is 5.11 Å². The number of carbonyl (C=O) groups is 1. The Balaban J connectivity index is 3.16. The maximum absolute atomic E-state index is 10.3. The van der Waals surface area contributed by atoms with Gasteiger partial charge >= 0.3 is 5.97 Å². The first kappa shape index (κ1) is 20.9. The van der Waals surface area contributed by atoms with Crippen molar-refractivity contribution < 1.29 is 9.90 Å². The molecule has 0 unspecified atom stereocenters. The van der Waals surface area contributed by atoms with Crippen molar-refractivity contribution in [3.8, 4) is 0 Å². The number of hydrogen-bond donors (Lipinski definition) is 1. The topological polar surface area (TPSA) is 37.3 Å². The van der Waals surface area contributed by atoms with Crippen LogP contribution in [0, 0.1) is 0 Å². The third-order valence-corrected chi connectivity index (χ3v) is 3.81. The monoisotopic (exact) mass is 308 g/mol. The Labute approximate surface area is 137 Å². The first-order valence-electron chi connectivity index (χ1n) is 9.29. The normalized spacial score (nSPS) is 11.7. The molecule has 0 aliphatic rings. The fourth-order valence-corrected chi connectivity index (χ4v) is 2.40. The SMILES string of the molecule is CCCCC/C=C\CCCC/C=C\CCCCCCC(=O)O. The van der Waals surface area contributed by atoms with E-state index in [1.54, 1.807) is 0 Å². The van der Waals surface area contributed by atoms with Gasteiger partial charge in [0.1, 0.15) is 0 Å². The Morgan fingerprint density at radius 2 is 1.09 bits per heavy atom. The number of aliphatic carboxylic acids is 1. The Morgan fingerprint density at radius 3 is 1.55 bits per heavy atom. The van der Waals surface area contributed by atoms with Crippen molar-refractivity contribution in [3.63, 3.8) is 0 Å². The van der Waals surface area contributed by atoms with Crippen LogP contribution in [0.4, 0.5) is 0 Å². The van der Waals surface area contributed by atoms with Crippen molar-refractivity contribution in [1.29, 1.82) is 0 Å². The lowest BCUT2D eigenvalue weighted by Crippen LogP contribution is -1.93. The van der Waals surface area contributed by atoms with E-state index in [9.17, 15) is 4.79 Å². The van der Waals surface area contributed by atoms with Crippen molar-refractivity contribution in [2.45, 2.75) is 96.8 Å². The summed E-state index contributed by atoms with van der Waals surface area (Å²) in [6, 6.07) is 0. The molecule has 0 saturated carbocycles. The van der Waals surface area contributed by atoms with Gasteiger partial charge in [0.25, 0.3) is 0 Å². The van der Waals surface area contributed by atoms with Crippen molar-refractivity contribution in [1.82, 2.24) is 0 Å². The molecule has 2 heteroatoms. The Kier molecular flexibility index (Phi) is 17.1. The van der Waals surface area contributed by atoms with Crippen LogP contribution in [0.1, 0.15) is 96.8 Å². The van der Waals surface area contributed by atoms with E-state index < -0.39 is 5.97 Å². The van der Waals surface area contributed by atoms with Crippen LogP contribution < -0.4 is 0 Å². The van der Waals surface area contributed by atoms with E-state index in [1.165, 1.54) is 57.8 Å². The molecule has 0 aromatic carbocycles. The van der Waals surface area contributed by atoms with E-state index in [0.29, 0.717) is 6.42 Å². The van der Waals surface area contributed by atoms with Crippen LogP contribution in [-0.2, 0) is 4.79 Å². The summed E-state index contributed by atoms with van der Waals surface area (Å²) >= 11 is 0. The summed E-state index contributed by atoms with van der Waals surface area (Å²) < 4.78 is 0. The highest BCUT2D eigenvalue weighted by Gasteiger charge is 1.95. The molecule has 0 heterocycles. The number of rotatable bonds is 16. The van der Waals surface area contributed by atoms with Crippen molar-refractivity contribution in [2.24, 2.45) is 0 Å². The lowest BCUT2D eigenvalue weighted by molar-refractivity contribution is -0.137. The number of allylic oxidation sites excluding steroid dienone is 4. The van der Waals surface area contributed by atoms with Gasteiger partial charge in [0.15, 0.2) is 0 Å². The average molecular weight is 309 g/mol. The third-order valence-electron chi connectivity index (χ3n) is 3.81. The zero-order valence-electron chi connectivity index (χ0n) is 14.6. The van der Waals surface area contributed by atoms with Crippen LogP contribution in [0.25, 0.3) is 0 Å². The minimum atomic E-state index is -0.671. The highest BCUT2D eigenvalue weighted by molar-refractivity contribution is 5.66. The fraction of sp³-hybridized carbons (Fsp3) is 0.750. The molecule has 0 rings (SSSR count). The predicted octanol–water partition coefficient (Wildman–Crippen LogP) is 6.66. The summed E-state index contributed by atoms with van der Waals surface area (Å²) in [7, 11) is 0. The second kappa shape index (κ2) is 18.0. The largest absolute Gasteiger partial charge is 0.481 e. The standard InChI is InChI=1S/C20H36O2/c1-2-3-4-5-6-7-8-9-10-11-12-13-14-15-16-17-18-19-20(21)22/h6-7,12-13H,2-5,8-11,14-19H2,1H3,(H,21,22)/b7-6-,13-12-. The second-order valence-corrected chi connectivity index (χ2v) is 6.07. The second-order valence-electron chi connectivity index (χ2n) is 6.07. The van der Waals surface area contributed by atoms with Crippen LogP contribution in [-0.4, -0.2) is 11.1 Å². The van der Waals surface area contributed by atoms with Crippen molar-refractivity contribution in [3.05, 3.63) is 24.3 Å². The molecule has 128 valence electrons. The first-order valence-corrected chi connectivity index (χ1v) is 9.29. The highest BCUT2D eigenvalue weighted by atomic mass is 16.4. The van der Waals surface area contributed by atoms with E-state index in [0.717, 1.165) is 25.7 Å². The summed E-state index contributed by atoms with van der Waals surface area (Å²) in [4.78, 5) is 10.3. The zero-order valence-corrected chi connectivity index (χ0v) is 14.6. The van der Waals surface area contributed by atoms with Crippen molar-refractivity contribution >= 4 is 5.97 Å². The summed E-state index contributed by atoms with van der Waals surface area (Å²) in [6.07, 6.45) is 25.2. The van der Waals surface area contributed by atoms with E-state index in [1.807, 2.05) is 0 Å². The summed E-state index contributed by atoms with van der Waals surface area (Å²) in [6.45, 7) is 2.25. The molecule has 0 aromatic heterocycles. The van der Waals surface area contributed by atoms with E-state index in [-0.39, 0.29) is 0 Å². The molecule has 0 aliphatic carbocycles. The average Bonchev–Trinajstić information content (AvgIpc) is 2.50. The quantitative estimate of drug-likeness (QED) is 0.255. The highest BCUT2D eigenvalue weighted by Crippen LogP contribution is 2.08. The van der Waals surface area contributed by atoms with Gasteiger partial charge in [0, 0.05) is 6.42 Å². The minimum absolute atomic E-state index is 0.322. The Hall–Kier alpha value is -1.05. The van der Waals surface area contributed by atoms with Gasteiger partial charge in [-0.15, -0.1) is 0 Å². The molecule has 0 radical (unpaired) electrons. The molecule has 0 aromatic rings. The Bertz CT molecular complexity index is 292. The molecule has 0 amide bonds. The number of carboxylic acid groups (broad SMARTS) is 1. The summed E-state index contributed by atoms with van der Waals surface area (Å²) in [5.41, 5.74) is 0. The molecular weight excluding hydrogens is 272 g/mol. The minimum Gasteiger partial charge on any atom is -0.481 e. The van der Waals surface area contributed by atoms with Crippen LogP contribution in [0.2, 0.25) is 0 Å². The summed E-state index contributed by atoms with van der Waals surface area (Å²) in [5.74, 6) is -0.671. The molecule has 0 fully saturated rings. The van der Waals surface area contributed by atoms with Gasteiger partial charge in [0.05, 0.1) is 0 Å². The lowest BCUT2D eigenvalue weighted by Gasteiger charge is -1.97.